The lowest BCUT2D eigenvalue weighted by Crippen LogP contribution is -2.23. The fourth-order valence-electron chi connectivity index (χ4n) is 3.27. The van der Waals surface area contributed by atoms with E-state index in [1.54, 1.807) is 11.5 Å². The Labute approximate surface area is 168 Å². The molecule has 5 nitrogen and oxygen atoms in total. The fourth-order valence-corrected chi connectivity index (χ4v) is 4.48. The van der Waals surface area contributed by atoms with E-state index in [1.807, 2.05) is 45.9 Å². The summed E-state index contributed by atoms with van der Waals surface area (Å²) in [6.45, 7) is 9.98. The highest BCUT2D eigenvalue weighted by Crippen LogP contribution is 2.23. The Hall–Kier alpha value is -2.73. The van der Waals surface area contributed by atoms with Gasteiger partial charge in [-0.1, -0.05) is 35.1 Å². The molecule has 0 N–H and O–H groups in total. The Morgan fingerprint density at radius 2 is 1.79 bits per heavy atom. The van der Waals surface area contributed by atoms with Gasteiger partial charge in [0.05, 0.1) is 16.8 Å². The second-order valence-electron chi connectivity index (χ2n) is 6.94. The Balaban J connectivity index is 2.19. The third kappa shape index (κ3) is 4.07. The van der Waals surface area contributed by atoms with Gasteiger partial charge in [0.1, 0.15) is 6.54 Å². The minimum absolute atomic E-state index is 0.0245. The first kappa shape index (κ1) is 20.0. The summed E-state index contributed by atoms with van der Waals surface area (Å²) < 4.78 is 7.91. The van der Waals surface area contributed by atoms with E-state index in [0.717, 1.165) is 32.5 Å². The van der Waals surface area contributed by atoms with Gasteiger partial charge in [0, 0.05) is 5.56 Å². The van der Waals surface area contributed by atoms with Crippen molar-refractivity contribution in [2.24, 2.45) is 4.99 Å². The quantitative estimate of drug-likeness (QED) is 0.620. The molecule has 3 aromatic rings. The van der Waals surface area contributed by atoms with Crippen LogP contribution in [0.2, 0.25) is 0 Å². The summed E-state index contributed by atoms with van der Waals surface area (Å²) >= 11 is 1.41. The van der Waals surface area contributed by atoms with Crippen molar-refractivity contribution in [3.8, 4) is 0 Å². The molecular weight excluding hydrogens is 372 g/mol. The summed E-state index contributed by atoms with van der Waals surface area (Å²) in [5.74, 6) is -0.650. The molecule has 146 valence electrons. The third-order valence-electron chi connectivity index (χ3n) is 4.53. The molecule has 1 aromatic heterocycles. The van der Waals surface area contributed by atoms with Crippen LogP contribution in [0.15, 0.2) is 35.3 Å². The van der Waals surface area contributed by atoms with Crippen LogP contribution >= 0.6 is 11.3 Å². The number of carbonyl (C=O) groups excluding carboxylic acids is 2. The molecule has 0 saturated carbocycles. The zero-order chi connectivity index (χ0) is 20.4. The van der Waals surface area contributed by atoms with Gasteiger partial charge < -0.3 is 9.30 Å². The van der Waals surface area contributed by atoms with Crippen LogP contribution in [-0.2, 0) is 16.1 Å². The lowest BCUT2D eigenvalue weighted by atomic mass is 10.1. The van der Waals surface area contributed by atoms with Crippen LogP contribution in [0.25, 0.3) is 10.2 Å². The Bertz CT molecular complexity index is 1140. The monoisotopic (exact) mass is 396 g/mol. The lowest BCUT2D eigenvalue weighted by Gasteiger charge is -2.08. The minimum atomic E-state index is -0.345. The van der Waals surface area contributed by atoms with E-state index in [-0.39, 0.29) is 18.4 Å². The van der Waals surface area contributed by atoms with Crippen molar-refractivity contribution < 1.29 is 14.3 Å². The number of benzene rings is 2. The number of hydrogen-bond donors (Lipinski definition) is 0. The number of fused-ring (bicyclic) bond motifs is 1. The number of nitrogens with zero attached hydrogens (tertiary/aromatic N) is 2. The number of hydrogen-bond acceptors (Lipinski definition) is 4. The van der Waals surface area contributed by atoms with Crippen molar-refractivity contribution in [2.45, 2.75) is 41.2 Å². The van der Waals surface area contributed by atoms with E-state index in [0.29, 0.717) is 17.0 Å². The van der Waals surface area contributed by atoms with Gasteiger partial charge in [0.15, 0.2) is 4.80 Å². The van der Waals surface area contributed by atoms with Gasteiger partial charge in [0.2, 0.25) is 0 Å². The molecule has 0 aliphatic rings. The maximum Gasteiger partial charge on any atom is 0.326 e. The maximum absolute atomic E-state index is 12.9. The summed E-state index contributed by atoms with van der Waals surface area (Å²) in [5.41, 5.74) is 5.54. The number of rotatable bonds is 4. The summed E-state index contributed by atoms with van der Waals surface area (Å²) in [4.78, 5) is 30.0. The molecule has 0 atom stereocenters. The summed E-state index contributed by atoms with van der Waals surface area (Å²) in [6, 6.07) is 9.85. The second-order valence-corrected chi connectivity index (χ2v) is 7.95. The highest BCUT2D eigenvalue weighted by atomic mass is 32.1. The smallest absolute Gasteiger partial charge is 0.326 e. The molecule has 1 amide bonds. The molecule has 28 heavy (non-hydrogen) atoms. The van der Waals surface area contributed by atoms with Gasteiger partial charge in [-0.2, -0.15) is 4.99 Å². The number of amides is 1. The predicted octanol–water partition coefficient (Wildman–Crippen LogP) is 4.24. The first-order valence-corrected chi connectivity index (χ1v) is 10.0. The van der Waals surface area contributed by atoms with Crippen LogP contribution < -0.4 is 4.80 Å². The Kier molecular flexibility index (Phi) is 5.79. The number of thiazole rings is 1. The third-order valence-corrected chi connectivity index (χ3v) is 5.55. The molecule has 0 unspecified atom stereocenters. The van der Waals surface area contributed by atoms with E-state index in [9.17, 15) is 9.59 Å². The topological polar surface area (TPSA) is 60.7 Å². The molecule has 0 aliphatic heterocycles. The highest BCUT2D eigenvalue weighted by molar-refractivity contribution is 7.16. The van der Waals surface area contributed by atoms with E-state index in [2.05, 4.69) is 17.1 Å². The van der Waals surface area contributed by atoms with Crippen LogP contribution in [0, 0.1) is 27.7 Å². The van der Waals surface area contributed by atoms with Crippen molar-refractivity contribution >= 4 is 33.4 Å². The van der Waals surface area contributed by atoms with E-state index in [1.165, 1.54) is 11.3 Å². The van der Waals surface area contributed by atoms with Gasteiger partial charge in [0.25, 0.3) is 5.91 Å². The largest absolute Gasteiger partial charge is 0.465 e. The number of carbonyl (C=O) groups is 2. The van der Waals surface area contributed by atoms with Crippen molar-refractivity contribution in [1.29, 1.82) is 0 Å². The first-order chi connectivity index (χ1) is 13.3. The molecular formula is C22H24N2O3S. The van der Waals surface area contributed by atoms with Gasteiger partial charge in [-0.05, 0) is 63.4 Å². The summed E-state index contributed by atoms with van der Waals surface area (Å²) in [5, 5.41) is 0. The number of esters is 1. The molecule has 3 rings (SSSR count). The molecule has 0 radical (unpaired) electrons. The SMILES string of the molecule is CCOC(=O)Cn1c(=NC(=O)c2cc(C)ccc2C)sc2cc(C)cc(C)c21. The van der Waals surface area contributed by atoms with Gasteiger partial charge in [-0.15, -0.1) is 0 Å². The average molecular weight is 397 g/mol. The van der Waals surface area contributed by atoms with Gasteiger partial charge in [-0.3, -0.25) is 9.59 Å². The standard InChI is InChI=1S/C22H24N2O3S/c1-6-27-19(25)12-24-20-16(5)9-14(3)11-18(20)28-22(24)23-21(26)17-10-13(2)7-8-15(17)4/h7-11H,6,12H2,1-5H3. The zero-order valence-corrected chi connectivity index (χ0v) is 17.6. The number of aryl methyl sites for hydroxylation is 4. The normalized spacial score (nSPS) is 11.8. The molecule has 0 saturated heterocycles. The van der Waals surface area contributed by atoms with Crippen LogP contribution in [0.5, 0.6) is 0 Å². The number of ether oxygens (including phenoxy) is 1. The Morgan fingerprint density at radius 3 is 2.50 bits per heavy atom. The molecule has 0 spiro atoms. The van der Waals surface area contributed by atoms with Crippen LogP contribution in [0.1, 0.15) is 39.5 Å². The second kappa shape index (κ2) is 8.10. The zero-order valence-electron chi connectivity index (χ0n) is 16.8. The maximum atomic E-state index is 12.9. The lowest BCUT2D eigenvalue weighted by molar-refractivity contribution is -0.143. The minimum Gasteiger partial charge on any atom is -0.465 e. The summed E-state index contributed by atoms with van der Waals surface area (Å²) in [6.07, 6.45) is 0. The predicted molar refractivity (Wildman–Crippen MR) is 112 cm³/mol. The van der Waals surface area contributed by atoms with E-state index >= 15 is 0 Å². The van der Waals surface area contributed by atoms with Gasteiger partial charge >= 0.3 is 5.97 Å². The molecule has 1 heterocycles. The molecule has 0 aliphatic carbocycles. The molecule has 0 bridgehead atoms. The number of aromatic nitrogens is 1. The molecule has 2 aromatic carbocycles. The van der Waals surface area contributed by atoms with Crippen LogP contribution in [-0.4, -0.2) is 23.1 Å². The van der Waals surface area contributed by atoms with Crippen molar-refractivity contribution in [2.75, 3.05) is 6.61 Å². The molecule has 0 fully saturated rings. The van der Waals surface area contributed by atoms with Crippen molar-refractivity contribution in [3.63, 3.8) is 0 Å². The van der Waals surface area contributed by atoms with Crippen molar-refractivity contribution in [1.82, 2.24) is 4.57 Å². The highest BCUT2D eigenvalue weighted by Gasteiger charge is 2.15. The molecule has 6 heteroatoms. The van der Waals surface area contributed by atoms with Crippen molar-refractivity contribution in [3.05, 3.63) is 63.0 Å². The van der Waals surface area contributed by atoms with Crippen LogP contribution in [0.3, 0.4) is 0 Å². The average Bonchev–Trinajstić information content (AvgIpc) is 2.94. The van der Waals surface area contributed by atoms with E-state index in [4.69, 9.17) is 4.74 Å². The summed E-state index contributed by atoms with van der Waals surface area (Å²) in [7, 11) is 0. The van der Waals surface area contributed by atoms with Crippen LogP contribution in [0.4, 0.5) is 0 Å². The fraction of sp³-hybridized carbons (Fsp3) is 0.318. The van der Waals surface area contributed by atoms with E-state index < -0.39 is 0 Å². The first-order valence-electron chi connectivity index (χ1n) is 9.22. The Morgan fingerprint density at radius 1 is 1.04 bits per heavy atom. The van der Waals surface area contributed by atoms with Gasteiger partial charge in [-0.25, -0.2) is 0 Å².